The molecule has 14 aromatic rings. The number of thiazole rings is 1. The standard InChI is InChI=1S/C14H20N2.2C13H19N3.C13H17NO.C13H17NS.C12H16N2O.C12H16N2S/c1-8(2)13-7-12-14(16(13)6)10(4)9(3)11(5)15-12;1-7(2)13-15-11-10(5)14-9(4)8(3)12(11)16(13)6;1-7(2)13-15-12-11(16(13)6)9(4)8(3)10(5)14-12;2*1-7(2)12-6-11-13(15-12)9(4)8(3)10(5)14-11;2*1-6(2)12-14-11-10(15-12)8(4)7(3)9(5)13-11/h7-8H,1-6H3;2*7H,1-6H3;2*6-7H,1-5H3;2*6H,1-5H3. The van der Waals surface area contributed by atoms with Gasteiger partial charge < -0.3 is 22.5 Å². The number of furan rings is 1. The molecule has 0 spiro atoms. The van der Waals surface area contributed by atoms with E-state index in [1.165, 1.54) is 114 Å². The molecule has 18 heteroatoms. The largest absolute Gasteiger partial charge is 0.459 e. The molecule has 108 heavy (non-hydrogen) atoms. The SMILES string of the molecule is Cc1nc(C)c2nc(C(C)C)n(C)c2c1C.Cc1nc2cc(C(C)C)n(C)c2c(C)c1C.Cc1nc2cc(C(C)C)oc2c(C)c1C.Cc1nc2cc(C(C)C)sc2c(C)c1C.Cc1nc2nc(C(C)C)n(C)c2c(C)c1C.Cc1nc2nc(C(C)C)oc2c(C)c1C.Cc1nc2nc(C(C)C)sc2c(C)c1C. The summed E-state index contributed by atoms with van der Waals surface area (Å²) in [5.41, 5.74) is 39.0. The van der Waals surface area contributed by atoms with Crippen LogP contribution < -0.4 is 0 Å². The number of hydrogen-bond acceptors (Lipinski definition) is 15. The number of nitrogens with zero attached hydrogens (tertiary/aromatic N) is 14. The van der Waals surface area contributed by atoms with Gasteiger partial charge in [0.15, 0.2) is 34.0 Å². The summed E-state index contributed by atoms with van der Waals surface area (Å²) in [6, 6.07) is 6.52. The van der Waals surface area contributed by atoms with Gasteiger partial charge in [0.25, 0.3) is 0 Å². The second kappa shape index (κ2) is 34.1. The van der Waals surface area contributed by atoms with Gasteiger partial charge in [0, 0.05) is 113 Å². The number of aryl methyl sites for hydroxylation is 18. The van der Waals surface area contributed by atoms with Crippen LogP contribution in [0.5, 0.6) is 0 Å². The Bertz CT molecular complexity index is 5150. The molecule has 14 aromatic heterocycles. The van der Waals surface area contributed by atoms with Crippen LogP contribution in [0.25, 0.3) is 76.1 Å². The fraction of sp³-hybridized carbons (Fsp3) is 0.500. The molecule has 578 valence electrons. The smallest absolute Gasteiger partial charge is 0.199 e. The molecule has 0 unspecified atom stereocenters. The summed E-state index contributed by atoms with van der Waals surface area (Å²) in [5.74, 6) is 7.25. The zero-order valence-electron chi connectivity index (χ0n) is 72.7. The Balaban J connectivity index is 0.000000159. The Morgan fingerprint density at radius 2 is 0.741 bits per heavy atom. The molecule has 0 atom stereocenters. The highest BCUT2D eigenvalue weighted by atomic mass is 32.1. The van der Waals surface area contributed by atoms with Gasteiger partial charge in [-0.1, -0.05) is 96.9 Å². The fourth-order valence-corrected chi connectivity index (χ4v) is 15.7. The summed E-state index contributed by atoms with van der Waals surface area (Å²) in [6.45, 7) is 74.5. The van der Waals surface area contributed by atoms with Gasteiger partial charge in [-0.05, 0) is 236 Å². The zero-order chi connectivity index (χ0) is 80.8. The lowest BCUT2D eigenvalue weighted by Crippen LogP contribution is -2.01. The number of aromatic nitrogens is 14. The van der Waals surface area contributed by atoms with E-state index in [4.69, 9.17) is 13.8 Å². The van der Waals surface area contributed by atoms with Gasteiger partial charge in [0.2, 0.25) is 0 Å². The van der Waals surface area contributed by atoms with Crippen molar-refractivity contribution in [2.45, 2.75) is 284 Å². The predicted octanol–water partition coefficient (Wildman–Crippen LogP) is 24.9. The summed E-state index contributed by atoms with van der Waals surface area (Å²) in [7, 11) is 6.31. The van der Waals surface area contributed by atoms with Crippen molar-refractivity contribution in [3.05, 3.63) is 175 Å². The molecule has 0 aromatic carbocycles. The van der Waals surface area contributed by atoms with E-state index >= 15 is 0 Å². The van der Waals surface area contributed by atoms with Crippen LogP contribution >= 0.6 is 22.7 Å². The van der Waals surface area contributed by atoms with Crippen LogP contribution in [0, 0.1) is 145 Å². The van der Waals surface area contributed by atoms with Gasteiger partial charge >= 0.3 is 0 Å². The number of imidazole rings is 2. The molecular weight excluding hydrogens is 1370 g/mol. The first-order chi connectivity index (χ1) is 50.3. The lowest BCUT2D eigenvalue weighted by atomic mass is 10.1. The van der Waals surface area contributed by atoms with Crippen molar-refractivity contribution in [1.29, 1.82) is 0 Å². The van der Waals surface area contributed by atoms with E-state index in [1.807, 2.05) is 39.0 Å². The van der Waals surface area contributed by atoms with Gasteiger partial charge in [-0.2, -0.15) is 4.98 Å². The molecule has 0 saturated carbocycles. The van der Waals surface area contributed by atoms with Gasteiger partial charge in [-0.15, -0.1) is 22.7 Å². The van der Waals surface area contributed by atoms with Gasteiger partial charge in [-0.3, -0.25) is 15.0 Å². The van der Waals surface area contributed by atoms with Crippen LogP contribution in [0.15, 0.2) is 27.0 Å². The average molecular weight is 1500 g/mol. The van der Waals surface area contributed by atoms with Crippen molar-refractivity contribution in [1.82, 2.24) is 68.5 Å². The van der Waals surface area contributed by atoms with Gasteiger partial charge in [-0.25, -0.2) is 34.9 Å². The van der Waals surface area contributed by atoms with Crippen molar-refractivity contribution in [3.63, 3.8) is 0 Å². The molecule has 0 radical (unpaired) electrons. The Labute approximate surface area is 652 Å². The Morgan fingerprint density at radius 1 is 0.287 bits per heavy atom. The van der Waals surface area contributed by atoms with Crippen molar-refractivity contribution in [2.75, 3.05) is 0 Å². The van der Waals surface area contributed by atoms with E-state index in [-0.39, 0.29) is 0 Å². The zero-order valence-corrected chi connectivity index (χ0v) is 74.3. The summed E-state index contributed by atoms with van der Waals surface area (Å²) < 4.78 is 20.8. The first kappa shape index (κ1) is 85.0. The Kier molecular flexibility index (Phi) is 26.9. The molecular formula is C90H124N14O2S2. The molecule has 0 aliphatic heterocycles. The van der Waals surface area contributed by atoms with Gasteiger partial charge in [0.1, 0.15) is 28.4 Å². The first-order valence-corrected chi connectivity index (χ1v) is 40.2. The van der Waals surface area contributed by atoms with Gasteiger partial charge in [0.05, 0.1) is 47.7 Å². The third-order valence-electron chi connectivity index (χ3n) is 21.9. The van der Waals surface area contributed by atoms with Crippen molar-refractivity contribution in [3.8, 4) is 0 Å². The van der Waals surface area contributed by atoms with E-state index in [9.17, 15) is 0 Å². The monoisotopic (exact) mass is 1500 g/mol. The number of hydrogen-bond donors (Lipinski definition) is 0. The van der Waals surface area contributed by atoms with Crippen LogP contribution in [-0.2, 0) is 21.1 Å². The number of pyridine rings is 7. The summed E-state index contributed by atoms with van der Waals surface area (Å²) in [4.78, 5) is 51.7. The highest BCUT2D eigenvalue weighted by molar-refractivity contribution is 7.19. The molecule has 14 heterocycles. The van der Waals surface area contributed by atoms with E-state index < -0.39 is 0 Å². The Hall–Kier alpha value is -8.61. The minimum Gasteiger partial charge on any atom is -0.459 e. The molecule has 0 amide bonds. The van der Waals surface area contributed by atoms with Crippen molar-refractivity contribution >= 4 is 98.8 Å². The maximum Gasteiger partial charge on any atom is 0.199 e. The van der Waals surface area contributed by atoms with Crippen LogP contribution in [-0.4, -0.2) is 68.5 Å². The van der Waals surface area contributed by atoms with Crippen LogP contribution in [0.4, 0.5) is 0 Å². The average Bonchev–Trinajstić information content (AvgIpc) is 1.63. The normalized spacial score (nSPS) is 11.6. The lowest BCUT2D eigenvalue weighted by molar-refractivity contribution is 0.500. The summed E-state index contributed by atoms with van der Waals surface area (Å²) >= 11 is 3.67. The molecule has 0 aliphatic rings. The molecule has 0 aliphatic carbocycles. The highest BCUT2D eigenvalue weighted by Gasteiger charge is 2.22. The third kappa shape index (κ3) is 17.5. The molecule has 16 nitrogen and oxygen atoms in total. The summed E-state index contributed by atoms with van der Waals surface area (Å²) in [6.07, 6.45) is 0. The number of thiophene rings is 1. The quantitative estimate of drug-likeness (QED) is 0.147. The maximum atomic E-state index is 5.83. The summed E-state index contributed by atoms with van der Waals surface area (Å²) in [5, 5.41) is 1.19. The van der Waals surface area contributed by atoms with E-state index in [2.05, 4.69) is 318 Å². The predicted molar refractivity (Wildman–Crippen MR) is 459 cm³/mol. The van der Waals surface area contributed by atoms with Crippen LogP contribution in [0.3, 0.4) is 0 Å². The Morgan fingerprint density at radius 3 is 1.26 bits per heavy atom. The maximum absolute atomic E-state index is 5.83. The van der Waals surface area contributed by atoms with E-state index in [0.717, 1.165) is 119 Å². The van der Waals surface area contributed by atoms with Crippen LogP contribution in [0.2, 0.25) is 0 Å². The molecule has 0 bridgehead atoms. The number of rotatable bonds is 7. The minimum atomic E-state index is 0.305. The number of oxazole rings is 1. The fourth-order valence-electron chi connectivity index (χ4n) is 13.5. The van der Waals surface area contributed by atoms with Crippen molar-refractivity contribution in [2.24, 2.45) is 21.1 Å². The number of fused-ring (bicyclic) bond motifs is 7. The molecule has 0 fully saturated rings. The van der Waals surface area contributed by atoms with E-state index in [1.54, 1.807) is 11.3 Å². The molecule has 0 saturated heterocycles. The first-order valence-electron chi connectivity index (χ1n) is 38.6. The highest BCUT2D eigenvalue weighted by Crippen LogP contribution is 2.37. The molecule has 14 rings (SSSR count). The molecule has 0 N–H and O–H groups in total. The van der Waals surface area contributed by atoms with E-state index in [0.29, 0.717) is 41.4 Å². The lowest BCUT2D eigenvalue weighted by Gasteiger charge is -2.10. The van der Waals surface area contributed by atoms with Crippen molar-refractivity contribution < 1.29 is 8.83 Å². The minimum absolute atomic E-state index is 0.305. The second-order valence-corrected chi connectivity index (χ2v) is 34.2. The third-order valence-corrected chi connectivity index (χ3v) is 24.9. The van der Waals surface area contributed by atoms with Crippen LogP contribution in [0.1, 0.15) is 295 Å². The second-order valence-electron chi connectivity index (χ2n) is 32.1. The topological polar surface area (TPSA) is 183 Å².